The van der Waals surface area contributed by atoms with E-state index >= 15 is 0 Å². The monoisotopic (exact) mass is 250 g/mol. The van der Waals surface area contributed by atoms with Gasteiger partial charge in [-0.15, -0.1) is 0 Å². The third-order valence-electron chi connectivity index (χ3n) is 3.22. The molecule has 0 radical (unpaired) electrons. The molecule has 0 N–H and O–H groups in total. The van der Waals surface area contributed by atoms with Gasteiger partial charge in [0.15, 0.2) is 0 Å². The largest absolute Gasteiger partial charge is 0.496 e. The Morgan fingerprint density at radius 2 is 2.18 bits per heavy atom. The quantitative estimate of drug-likeness (QED) is 0.746. The van der Waals surface area contributed by atoms with Gasteiger partial charge in [-0.3, -0.25) is 4.79 Å². The van der Waals surface area contributed by atoms with Crippen molar-refractivity contribution in [3.63, 3.8) is 0 Å². The molecule has 0 saturated heterocycles. The van der Waals surface area contributed by atoms with Crippen LogP contribution < -0.4 is 4.74 Å². The van der Waals surface area contributed by atoms with Crippen molar-refractivity contribution in [2.75, 3.05) is 7.11 Å². The van der Waals surface area contributed by atoms with Gasteiger partial charge in [0, 0.05) is 22.1 Å². The van der Waals surface area contributed by atoms with Crippen molar-refractivity contribution in [3.8, 4) is 5.75 Å². The third-order valence-corrected chi connectivity index (χ3v) is 4.64. The molecule has 17 heavy (non-hydrogen) atoms. The molecule has 1 aromatic rings. The Bertz CT molecular complexity index is 384. The van der Waals surface area contributed by atoms with Crippen LogP contribution in [0.5, 0.6) is 5.75 Å². The number of ether oxygens (including phenoxy) is 1. The first-order chi connectivity index (χ1) is 8.33. The molecule has 1 aliphatic carbocycles. The maximum Gasteiger partial charge on any atom is 0.150 e. The number of hydrogen-bond acceptors (Lipinski definition) is 3. The van der Waals surface area contributed by atoms with Crippen LogP contribution in [0.15, 0.2) is 18.2 Å². The van der Waals surface area contributed by atoms with Crippen molar-refractivity contribution in [2.45, 2.75) is 36.7 Å². The number of carbonyl (C=O) groups is 1. The first kappa shape index (κ1) is 12.5. The van der Waals surface area contributed by atoms with Gasteiger partial charge in [0.05, 0.1) is 7.11 Å². The molecule has 2 nitrogen and oxygen atoms in total. The van der Waals surface area contributed by atoms with E-state index in [1.165, 1.54) is 25.7 Å². The molecule has 0 atom stereocenters. The molecule has 0 heterocycles. The molecule has 0 bridgehead atoms. The van der Waals surface area contributed by atoms with Gasteiger partial charge in [-0.25, -0.2) is 0 Å². The summed E-state index contributed by atoms with van der Waals surface area (Å²) in [4.78, 5) is 10.8. The van der Waals surface area contributed by atoms with E-state index in [2.05, 4.69) is 0 Å². The molecular weight excluding hydrogens is 232 g/mol. The lowest BCUT2D eigenvalue weighted by Gasteiger charge is -2.12. The number of hydrogen-bond donors (Lipinski definition) is 0. The minimum atomic E-state index is 0.729. The summed E-state index contributed by atoms with van der Waals surface area (Å²) in [5, 5.41) is 0.791. The Kier molecular flexibility index (Phi) is 4.49. The Balaban J connectivity index is 2.03. The fraction of sp³-hybridized carbons (Fsp3) is 0.500. The molecule has 1 aromatic carbocycles. The Hall–Kier alpha value is -0.960. The summed E-state index contributed by atoms with van der Waals surface area (Å²) in [5.74, 6) is 1.83. The fourth-order valence-electron chi connectivity index (χ4n) is 2.25. The smallest absolute Gasteiger partial charge is 0.150 e. The van der Waals surface area contributed by atoms with Gasteiger partial charge in [0.1, 0.15) is 12.0 Å². The summed E-state index contributed by atoms with van der Waals surface area (Å²) < 4.78 is 5.33. The minimum absolute atomic E-state index is 0.729. The average Bonchev–Trinajstić information content (AvgIpc) is 2.89. The summed E-state index contributed by atoms with van der Waals surface area (Å²) in [6, 6.07) is 5.62. The van der Waals surface area contributed by atoms with Gasteiger partial charge >= 0.3 is 0 Å². The number of aldehydes is 1. The molecule has 2 rings (SSSR count). The average molecular weight is 250 g/mol. The standard InChI is InChI=1S/C14H18O2S/c1-16-14-7-6-11(9-15)8-12(14)10-17-13-4-2-3-5-13/h6-9,13H,2-5,10H2,1H3. The maximum atomic E-state index is 10.8. The van der Waals surface area contributed by atoms with Crippen LogP contribution >= 0.6 is 11.8 Å². The van der Waals surface area contributed by atoms with E-state index < -0.39 is 0 Å². The number of thioether (sulfide) groups is 1. The van der Waals surface area contributed by atoms with Gasteiger partial charge in [-0.05, 0) is 31.0 Å². The van der Waals surface area contributed by atoms with Gasteiger partial charge < -0.3 is 4.74 Å². The molecule has 0 spiro atoms. The lowest BCUT2D eigenvalue weighted by atomic mass is 10.1. The van der Waals surface area contributed by atoms with Crippen LogP contribution in [0.25, 0.3) is 0 Å². The first-order valence-electron chi connectivity index (χ1n) is 6.07. The zero-order chi connectivity index (χ0) is 12.1. The summed E-state index contributed by atoms with van der Waals surface area (Å²) in [6.07, 6.45) is 6.29. The van der Waals surface area contributed by atoms with E-state index in [4.69, 9.17) is 4.74 Å². The highest BCUT2D eigenvalue weighted by atomic mass is 32.2. The number of methoxy groups -OCH3 is 1. The number of benzene rings is 1. The molecule has 0 amide bonds. The highest BCUT2D eigenvalue weighted by Gasteiger charge is 2.16. The second-order valence-corrected chi connectivity index (χ2v) is 5.70. The minimum Gasteiger partial charge on any atom is -0.496 e. The molecule has 0 unspecified atom stereocenters. The van der Waals surface area contributed by atoms with E-state index in [0.717, 1.165) is 34.2 Å². The first-order valence-corrected chi connectivity index (χ1v) is 7.12. The van der Waals surface area contributed by atoms with Crippen molar-refractivity contribution in [3.05, 3.63) is 29.3 Å². The SMILES string of the molecule is COc1ccc(C=O)cc1CSC1CCCC1. The molecule has 1 saturated carbocycles. The molecule has 0 aromatic heterocycles. The zero-order valence-electron chi connectivity index (χ0n) is 10.1. The topological polar surface area (TPSA) is 26.3 Å². The molecule has 0 aliphatic heterocycles. The normalized spacial score (nSPS) is 16.1. The van der Waals surface area contributed by atoms with Crippen molar-refractivity contribution in [1.29, 1.82) is 0 Å². The van der Waals surface area contributed by atoms with Crippen LogP contribution in [0.2, 0.25) is 0 Å². The van der Waals surface area contributed by atoms with Crippen LogP contribution in [-0.2, 0) is 5.75 Å². The molecule has 1 fully saturated rings. The van der Waals surface area contributed by atoms with Crippen molar-refractivity contribution in [2.24, 2.45) is 0 Å². The van der Waals surface area contributed by atoms with Crippen LogP contribution in [0.3, 0.4) is 0 Å². The van der Waals surface area contributed by atoms with E-state index in [-0.39, 0.29) is 0 Å². The van der Waals surface area contributed by atoms with Gasteiger partial charge in [-0.1, -0.05) is 12.8 Å². The summed E-state index contributed by atoms with van der Waals surface area (Å²) in [6.45, 7) is 0. The molecule has 3 heteroatoms. The Morgan fingerprint density at radius 1 is 1.41 bits per heavy atom. The van der Waals surface area contributed by atoms with Crippen LogP contribution in [0.1, 0.15) is 41.6 Å². The van der Waals surface area contributed by atoms with E-state index in [0.29, 0.717) is 0 Å². The lowest BCUT2D eigenvalue weighted by Crippen LogP contribution is -1.97. The van der Waals surface area contributed by atoms with Gasteiger partial charge in [0.25, 0.3) is 0 Å². The Morgan fingerprint density at radius 3 is 2.82 bits per heavy atom. The van der Waals surface area contributed by atoms with E-state index in [1.807, 2.05) is 23.9 Å². The van der Waals surface area contributed by atoms with Crippen molar-refractivity contribution in [1.82, 2.24) is 0 Å². The van der Waals surface area contributed by atoms with Crippen LogP contribution in [0, 0.1) is 0 Å². The molecular formula is C14H18O2S. The molecule has 1 aliphatic rings. The van der Waals surface area contributed by atoms with Gasteiger partial charge in [-0.2, -0.15) is 11.8 Å². The second kappa shape index (κ2) is 6.10. The highest BCUT2D eigenvalue weighted by Crippen LogP contribution is 2.33. The van der Waals surface area contributed by atoms with Crippen molar-refractivity contribution < 1.29 is 9.53 Å². The van der Waals surface area contributed by atoms with Gasteiger partial charge in [0.2, 0.25) is 0 Å². The summed E-state index contributed by atoms with van der Waals surface area (Å²) in [5.41, 5.74) is 1.86. The third kappa shape index (κ3) is 3.25. The number of carbonyl (C=O) groups excluding carboxylic acids is 1. The number of rotatable bonds is 5. The van der Waals surface area contributed by atoms with Crippen LogP contribution in [-0.4, -0.2) is 18.6 Å². The second-order valence-electron chi connectivity index (χ2n) is 4.41. The summed E-state index contributed by atoms with van der Waals surface area (Å²) in [7, 11) is 1.68. The van der Waals surface area contributed by atoms with Crippen LogP contribution in [0.4, 0.5) is 0 Å². The summed E-state index contributed by atoms with van der Waals surface area (Å²) >= 11 is 1.99. The Labute approximate surface area is 107 Å². The molecule has 92 valence electrons. The maximum absolute atomic E-state index is 10.8. The zero-order valence-corrected chi connectivity index (χ0v) is 11.0. The highest BCUT2D eigenvalue weighted by molar-refractivity contribution is 7.99. The van der Waals surface area contributed by atoms with E-state index in [1.54, 1.807) is 13.2 Å². The van der Waals surface area contributed by atoms with Crippen molar-refractivity contribution >= 4 is 18.0 Å². The predicted molar refractivity (Wildman–Crippen MR) is 71.9 cm³/mol. The predicted octanol–water partition coefficient (Wildman–Crippen LogP) is 3.68. The lowest BCUT2D eigenvalue weighted by molar-refractivity contribution is 0.112. The van der Waals surface area contributed by atoms with E-state index in [9.17, 15) is 4.79 Å². The fourth-order valence-corrected chi connectivity index (χ4v) is 3.55.